The van der Waals surface area contributed by atoms with Gasteiger partial charge in [0.05, 0.1) is 17.3 Å². The van der Waals surface area contributed by atoms with Gasteiger partial charge in [-0.2, -0.15) is 5.11 Å². The molecule has 0 spiro atoms. The second kappa shape index (κ2) is 7.06. The molecule has 4 nitrogen and oxygen atoms in total. The number of carboxylic acid groups (broad SMARTS) is 1. The molecular weight excluding hydrogens is 239 g/mol. The van der Waals surface area contributed by atoms with E-state index in [2.05, 4.69) is 10.2 Å². The molecule has 84 valence electrons. The number of aromatic carboxylic acids is 1. The van der Waals surface area contributed by atoms with E-state index in [1.165, 1.54) is 6.07 Å². The van der Waals surface area contributed by atoms with Crippen molar-refractivity contribution in [2.75, 3.05) is 0 Å². The van der Waals surface area contributed by atoms with Crippen LogP contribution in [0.25, 0.3) is 0 Å². The zero-order valence-corrected chi connectivity index (χ0v) is 11.9. The summed E-state index contributed by atoms with van der Waals surface area (Å²) in [5.41, 5.74) is 0.990. The average molecular weight is 248 g/mol. The van der Waals surface area contributed by atoms with Gasteiger partial charge in [-0.15, -0.1) is 5.11 Å². The zero-order valence-electron chi connectivity index (χ0n) is 9.91. The van der Waals surface area contributed by atoms with Crippen LogP contribution in [0.5, 0.6) is 0 Å². The minimum atomic E-state index is -1.26. The van der Waals surface area contributed by atoms with Crippen molar-refractivity contribution in [2.45, 2.75) is 0 Å². The summed E-state index contributed by atoms with van der Waals surface area (Å²) in [5, 5.41) is 18.7. The Balaban J connectivity index is 0.00000162. The number of carbonyl (C=O) groups is 1. The molecule has 0 unspecified atom stereocenters. The fourth-order valence-corrected chi connectivity index (χ4v) is 1.34. The first kappa shape index (κ1) is 14.6. The summed E-state index contributed by atoms with van der Waals surface area (Å²) in [6.07, 6.45) is 0. The van der Waals surface area contributed by atoms with Gasteiger partial charge >= 0.3 is 29.6 Å². The van der Waals surface area contributed by atoms with Gasteiger partial charge in [-0.25, -0.2) is 0 Å². The maximum absolute atomic E-state index is 10.8. The maximum atomic E-state index is 10.8. The smallest absolute Gasteiger partial charge is 0.545 e. The summed E-state index contributed by atoms with van der Waals surface area (Å²) in [5.74, 6) is -1.26. The van der Waals surface area contributed by atoms with E-state index in [0.29, 0.717) is 5.69 Å². The first-order valence-corrected chi connectivity index (χ1v) is 5.04. The van der Waals surface area contributed by atoms with Crippen LogP contribution in [0.1, 0.15) is 10.4 Å². The Bertz CT molecular complexity index is 556. The van der Waals surface area contributed by atoms with Crippen LogP contribution in [-0.4, -0.2) is 5.97 Å². The van der Waals surface area contributed by atoms with Crippen molar-refractivity contribution in [3.63, 3.8) is 0 Å². The normalized spacial score (nSPS) is 10.0. The number of azo groups is 1. The van der Waals surface area contributed by atoms with E-state index in [4.69, 9.17) is 0 Å². The van der Waals surface area contributed by atoms with E-state index in [0.717, 1.165) is 0 Å². The van der Waals surface area contributed by atoms with Gasteiger partial charge in [0.1, 0.15) is 0 Å². The molecule has 0 aliphatic rings. The Labute approximate surface area is 127 Å². The number of benzene rings is 2. The Kier molecular flexibility index (Phi) is 5.71. The van der Waals surface area contributed by atoms with E-state index in [1.54, 1.807) is 30.3 Å². The van der Waals surface area contributed by atoms with E-state index < -0.39 is 5.97 Å². The quantitative estimate of drug-likeness (QED) is 0.541. The summed E-state index contributed by atoms with van der Waals surface area (Å²) < 4.78 is 0. The molecule has 2 aromatic rings. The van der Waals surface area contributed by atoms with Crippen molar-refractivity contribution in [3.8, 4) is 0 Å². The predicted octanol–water partition coefficient (Wildman–Crippen LogP) is -0.531. The third kappa shape index (κ3) is 3.77. The van der Waals surface area contributed by atoms with E-state index >= 15 is 0 Å². The number of carbonyl (C=O) groups excluding carboxylic acids is 1. The molecule has 2 rings (SSSR count). The van der Waals surface area contributed by atoms with Crippen molar-refractivity contribution in [2.24, 2.45) is 10.2 Å². The Hall–Kier alpha value is -1.49. The van der Waals surface area contributed by atoms with Crippen molar-refractivity contribution >= 4 is 17.3 Å². The van der Waals surface area contributed by atoms with Crippen LogP contribution in [0.4, 0.5) is 11.4 Å². The molecule has 0 heterocycles. The summed E-state index contributed by atoms with van der Waals surface area (Å²) in [4.78, 5) is 10.8. The van der Waals surface area contributed by atoms with Gasteiger partial charge in [-0.05, 0) is 18.2 Å². The number of rotatable bonds is 3. The van der Waals surface area contributed by atoms with E-state index in [1.807, 2.05) is 18.2 Å². The molecule has 18 heavy (non-hydrogen) atoms. The zero-order chi connectivity index (χ0) is 12.1. The van der Waals surface area contributed by atoms with Gasteiger partial charge in [0, 0.05) is 5.56 Å². The Morgan fingerprint density at radius 1 is 0.889 bits per heavy atom. The fourth-order valence-electron chi connectivity index (χ4n) is 1.34. The summed E-state index contributed by atoms with van der Waals surface area (Å²) in [7, 11) is 0. The SMILES string of the molecule is O=C([O-])c1ccccc1N=Nc1ccccc1.[Na+]. The van der Waals surface area contributed by atoms with Crippen molar-refractivity contribution in [1.82, 2.24) is 0 Å². The van der Waals surface area contributed by atoms with E-state index in [-0.39, 0.29) is 40.8 Å². The third-order valence-electron chi connectivity index (χ3n) is 2.15. The molecule has 0 saturated carbocycles. The van der Waals surface area contributed by atoms with Gasteiger partial charge in [0.2, 0.25) is 0 Å². The number of hydrogen-bond donors (Lipinski definition) is 0. The van der Waals surface area contributed by atoms with Gasteiger partial charge in [0.15, 0.2) is 0 Å². The summed E-state index contributed by atoms with van der Waals surface area (Å²) in [6.45, 7) is 0. The van der Waals surface area contributed by atoms with Gasteiger partial charge in [-0.3, -0.25) is 0 Å². The predicted molar refractivity (Wildman–Crippen MR) is 61.4 cm³/mol. The molecule has 0 aliphatic heterocycles. The van der Waals surface area contributed by atoms with Crippen molar-refractivity contribution in [3.05, 3.63) is 60.2 Å². The van der Waals surface area contributed by atoms with Crippen LogP contribution in [0, 0.1) is 0 Å². The largest absolute Gasteiger partial charge is 1.00 e. The van der Waals surface area contributed by atoms with Crippen molar-refractivity contribution in [1.29, 1.82) is 0 Å². The fraction of sp³-hybridized carbons (Fsp3) is 0. The van der Waals surface area contributed by atoms with Gasteiger partial charge in [-0.1, -0.05) is 36.4 Å². The molecule has 0 N–H and O–H groups in total. The second-order valence-corrected chi connectivity index (χ2v) is 3.34. The number of hydrogen-bond acceptors (Lipinski definition) is 4. The first-order chi connectivity index (χ1) is 8.27. The molecule has 0 fully saturated rings. The second-order valence-electron chi connectivity index (χ2n) is 3.34. The molecule has 0 radical (unpaired) electrons. The van der Waals surface area contributed by atoms with Crippen molar-refractivity contribution < 1.29 is 39.5 Å². The standard InChI is InChI=1S/C13H10N2O2.Na/c16-13(17)11-8-4-5-9-12(11)15-14-10-6-2-1-3-7-10;/h1-9H,(H,16,17);/q;+1/p-1. The Morgan fingerprint density at radius 3 is 2.17 bits per heavy atom. The molecule has 0 aliphatic carbocycles. The summed E-state index contributed by atoms with van der Waals surface area (Å²) in [6, 6.07) is 15.4. The number of nitrogens with zero attached hydrogens (tertiary/aromatic N) is 2. The van der Waals surface area contributed by atoms with Crippen LogP contribution < -0.4 is 34.7 Å². The molecule has 5 heteroatoms. The van der Waals surface area contributed by atoms with Crippen LogP contribution in [0.2, 0.25) is 0 Å². The molecule has 0 amide bonds. The summed E-state index contributed by atoms with van der Waals surface area (Å²) >= 11 is 0. The average Bonchev–Trinajstić information content (AvgIpc) is 2.38. The third-order valence-corrected chi connectivity index (χ3v) is 2.15. The minimum Gasteiger partial charge on any atom is -0.545 e. The molecule has 0 saturated heterocycles. The van der Waals surface area contributed by atoms with Gasteiger partial charge in [0.25, 0.3) is 0 Å². The Morgan fingerprint density at radius 2 is 1.50 bits per heavy atom. The topological polar surface area (TPSA) is 64.8 Å². The first-order valence-electron chi connectivity index (χ1n) is 5.04. The van der Waals surface area contributed by atoms with E-state index in [9.17, 15) is 9.90 Å². The van der Waals surface area contributed by atoms with Crippen LogP contribution >= 0.6 is 0 Å². The molecule has 0 aromatic heterocycles. The minimum absolute atomic E-state index is 0. The molecule has 0 bridgehead atoms. The monoisotopic (exact) mass is 248 g/mol. The molecule has 2 aromatic carbocycles. The van der Waals surface area contributed by atoms with Crippen LogP contribution in [0.3, 0.4) is 0 Å². The molecular formula is C13H9N2NaO2. The maximum Gasteiger partial charge on any atom is 1.00 e. The van der Waals surface area contributed by atoms with Crippen LogP contribution in [0.15, 0.2) is 64.8 Å². The molecule has 0 atom stereocenters. The van der Waals surface area contributed by atoms with Gasteiger partial charge < -0.3 is 9.90 Å². The number of carboxylic acids is 1. The van der Waals surface area contributed by atoms with Crippen LogP contribution in [-0.2, 0) is 0 Å².